The average Bonchev–Trinajstić information content (AvgIpc) is 2.95. The first-order chi connectivity index (χ1) is 11.1. The van der Waals surface area contributed by atoms with Gasteiger partial charge in [-0.3, -0.25) is 9.59 Å². The molecule has 5 heteroatoms. The number of piperidine rings is 1. The normalized spacial score (nSPS) is 24.0. The second-order valence-electron chi connectivity index (χ2n) is 7.10. The van der Waals surface area contributed by atoms with Crippen molar-refractivity contribution >= 4 is 11.8 Å². The van der Waals surface area contributed by atoms with Crippen LogP contribution in [-0.2, 0) is 9.59 Å². The fourth-order valence-electron chi connectivity index (χ4n) is 3.96. The molecule has 2 aliphatic rings. The Morgan fingerprint density at radius 2 is 2.00 bits per heavy atom. The summed E-state index contributed by atoms with van der Waals surface area (Å²) in [6, 6.07) is 0.602. The van der Waals surface area contributed by atoms with Gasteiger partial charge in [-0.1, -0.05) is 20.3 Å². The molecule has 2 heterocycles. The van der Waals surface area contributed by atoms with Crippen LogP contribution < -0.4 is 5.32 Å². The molecule has 2 atom stereocenters. The van der Waals surface area contributed by atoms with Crippen molar-refractivity contribution in [3.63, 3.8) is 0 Å². The highest BCUT2D eigenvalue weighted by Crippen LogP contribution is 2.26. The van der Waals surface area contributed by atoms with Crippen molar-refractivity contribution in [3.8, 4) is 0 Å². The summed E-state index contributed by atoms with van der Waals surface area (Å²) in [5, 5.41) is 3.36. The lowest BCUT2D eigenvalue weighted by Gasteiger charge is -2.36. The smallest absolute Gasteiger partial charge is 0.228 e. The van der Waals surface area contributed by atoms with Gasteiger partial charge in [-0.2, -0.15) is 0 Å². The monoisotopic (exact) mass is 323 g/mol. The Balaban J connectivity index is 2.01. The van der Waals surface area contributed by atoms with Crippen LogP contribution in [0.25, 0.3) is 0 Å². The summed E-state index contributed by atoms with van der Waals surface area (Å²) in [5.74, 6) is 0.229. The highest BCUT2D eigenvalue weighted by Gasteiger charge is 2.39. The molecule has 2 amide bonds. The van der Waals surface area contributed by atoms with E-state index in [2.05, 4.69) is 31.0 Å². The van der Waals surface area contributed by atoms with Gasteiger partial charge < -0.3 is 15.1 Å². The second kappa shape index (κ2) is 8.67. The van der Waals surface area contributed by atoms with E-state index in [0.29, 0.717) is 19.0 Å². The van der Waals surface area contributed by atoms with Crippen LogP contribution in [0.3, 0.4) is 0 Å². The number of hydrogen-bond acceptors (Lipinski definition) is 3. The largest absolute Gasteiger partial charge is 0.339 e. The van der Waals surface area contributed by atoms with Gasteiger partial charge in [0.25, 0.3) is 0 Å². The molecule has 2 rings (SSSR count). The molecule has 0 saturated carbocycles. The number of nitrogens with one attached hydrogen (secondary N) is 1. The minimum atomic E-state index is -0.136. The summed E-state index contributed by atoms with van der Waals surface area (Å²) in [6.07, 6.45) is 5.52. The maximum Gasteiger partial charge on any atom is 0.228 e. The fourth-order valence-corrected chi connectivity index (χ4v) is 3.96. The molecule has 23 heavy (non-hydrogen) atoms. The quantitative estimate of drug-likeness (QED) is 0.780. The summed E-state index contributed by atoms with van der Waals surface area (Å²) in [6.45, 7) is 9.77. The van der Waals surface area contributed by atoms with E-state index < -0.39 is 0 Å². The third-order valence-electron chi connectivity index (χ3n) is 5.24. The van der Waals surface area contributed by atoms with E-state index in [1.165, 1.54) is 0 Å². The lowest BCUT2D eigenvalue weighted by molar-refractivity contribution is -0.138. The maximum absolute atomic E-state index is 13.0. The van der Waals surface area contributed by atoms with E-state index in [0.717, 1.165) is 51.7 Å². The van der Waals surface area contributed by atoms with Gasteiger partial charge in [-0.05, 0) is 45.7 Å². The Morgan fingerprint density at radius 1 is 1.30 bits per heavy atom. The lowest BCUT2D eigenvalue weighted by Crippen LogP contribution is -2.49. The molecule has 0 spiro atoms. The zero-order chi connectivity index (χ0) is 16.8. The predicted molar refractivity (Wildman–Crippen MR) is 92.1 cm³/mol. The zero-order valence-corrected chi connectivity index (χ0v) is 15.0. The van der Waals surface area contributed by atoms with Crippen LogP contribution in [-0.4, -0.2) is 59.9 Å². The van der Waals surface area contributed by atoms with Gasteiger partial charge in [0, 0.05) is 31.6 Å². The molecule has 0 aliphatic carbocycles. The Hall–Kier alpha value is -1.10. The molecule has 0 aromatic rings. The zero-order valence-electron chi connectivity index (χ0n) is 15.0. The van der Waals surface area contributed by atoms with Gasteiger partial charge in [-0.15, -0.1) is 0 Å². The number of carbonyl (C=O) groups excluding carboxylic acids is 2. The van der Waals surface area contributed by atoms with E-state index in [9.17, 15) is 9.59 Å². The van der Waals surface area contributed by atoms with Crippen LogP contribution in [0.4, 0.5) is 0 Å². The highest BCUT2D eigenvalue weighted by molar-refractivity contribution is 5.89. The van der Waals surface area contributed by atoms with E-state index in [1.54, 1.807) is 0 Å². The molecule has 0 aromatic carbocycles. The van der Waals surface area contributed by atoms with Gasteiger partial charge in [0.1, 0.15) is 0 Å². The number of rotatable bonds is 7. The molecule has 0 bridgehead atoms. The van der Waals surface area contributed by atoms with Crippen LogP contribution >= 0.6 is 0 Å². The molecule has 0 aromatic heterocycles. The van der Waals surface area contributed by atoms with Gasteiger partial charge in [0.05, 0.1) is 5.92 Å². The first-order valence-electron chi connectivity index (χ1n) is 9.39. The third kappa shape index (κ3) is 4.46. The topological polar surface area (TPSA) is 52.7 Å². The van der Waals surface area contributed by atoms with Crippen LogP contribution in [0, 0.1) is 5.92 Å². The Kier molecular flexibility index (Phi) is 6.88. The van der Waals surface area contributed by atoms with Crippen LogP contribution in [0.1, 0.15) is 59.3 Å². The SMILES string of the molecule is CCCC(C)N1CC(C(=O)N(CCC)C2CCNCC2)CC1=O. The van der Waals surface area contributed by atoms with Crippen molar-refractivity contribution < 1.29 is 9.59 Å². The maximum atomic E-state index is 13.0. The molecule has 0 radical (unpaired) electrons. The molecule has 2 aliphatic heterocycles. The molecule has 132 valence electrons. The molecule has 2 unspecified atom stereocenters. The predicted octanol–water partition coefficient (Wildman–Crippen LogP) is 2.01. The van der Waals surface area contributed by atoms with Crippen LogP contribution in [0.5, 0.6) is 0 Å². The van der Waals surface area contributed by atoms with Crippen LogP contribution in [0.15, 0.2) is 0 Å². The van der Waals surface area contributed by atoms with Crippen LogP contribution in [0.2, 0.25) is 0 Å². The van der Waals surface area contributed by atoms with Crippen molar-refractivity contribution in [2.24, 2.45) is 5.92 Å². The van der Waals surface area contributed by atoms with E-state index in [1.807, 2.05) is 4.90 Å². The fraction of sp³-hybridized carbons (Fsp3) is 0.889. The number of amides is 2. The minimum Gasteiger partial charge on any atom is -0.339 e. The first-order valence-corrected chi connectivity index (χ1v) is 9.39. The van der Waals surface area contributed by atoms with E-state index >= 15 is 0 Å². The van der Waals surface area contributed by atoms with Gasteiger partial charge in [0.2, 0.25) is 11.8 Å². The van der Waals surface area contributed by atoms with Crippen molar-refractivity contribution in [1.82, 2.24) is 15.1 Å². The van der Waals surface area contributed by atoms with Gasteiger partial charge >= 0.3 is 0 Å². The van der Waals surface area contributed by atoms with Crippen molar-refractivity contribution in [3.05, 3.63) is 0 Å². The highest BCUT2D eigenvalue weighted by atomic mass is 16.2. The minimum absolute atomic E-state index is 0.136. The summed E-state index contributed by atoms with van der Waals surface area (Å²) < 4.78 is 0. The van der Waals surface area contributed by atoms with E-state index in [4.69, 9.17) is 0 Å². The summed E-state index contributed by atoms with van der Waals surface area (Å²) in [5.41, 5.74) is 0. The molecule has 1 N–H and O–H groups in total. The Labute approximate surface area is 140 Å². The van der Waals surface area contributed by atoms with Gasteiger partial charge in [0.15, 0.2) is 0 Å². The Morgan fingerprint density at radius 3 is 2.61 bits per heavy atom. The summed E-state index contributed by atoms with van der Waals surface area (Å²) >= 11 is 0. The average molecular weight is 323 g/mol. The molecule has 5 nitrogen and oxygen atoms in total. The summed E-state index contributed by atoms with van der Waals surface area (Å²) in [7, 11) is 0. The number of nitrogens with zero attached hydrogens (tertiary/aromatic N) is 2. The second-order valence-corrected chi connectivity index (χ2v) is 7.10. The van der Waals surface area contributed by atoms with E-state index in [-0.39, 0.29) is 23.8 Å². The first kappa shape index (κ1) is 18.2. The number of likely N-dealkylation sites (tertiary alicyclic amines) is 1. The third-order valence-corrected chi connectivity index (χ3v) is 5.24. The van der Waals surface area contributed by atoms with Crippen molar-refractivity contribution in [2.75, 3.05) is 26.2 Å². The number of carbonyl (C=O) groups is 2. The van der Waals surface area contributed by atoms with Crippen molar-refractivity contribution in [1.29, 1.82) is 0 Å². The molecule has 2 saturated heterocycles. The van der Waals surface area contributed by atoms with Gasteiger partial charge in [-0.25, -0.2) is 0 Å². The Bertz CT molecular complexity index is 407. The molecular weight excluding hydrogens is 290 g/mol. The molecular formula is C18H33N3O2. The standard InChI is InChI=1S/C18H33N3O2/c1-4-6-14(3)21-13-15(12-17(21)22)18(23)20(11-5-2)16-7-9-19-10-8-16/h14-16,19H,4-13H2,1-3H3. The van der Waals surface area contributed by atoms with Crippen molar-refractivity contribution in [2.45, 2.75) is 71.4 Å². The number of hydrogen-bond donors (Lipinski definition) is 1. The molecule has 2 fully saturated rings. The summed E-state index contributed by atoms with van der Waals surface area (Å²) in [4.78, 5) is 29.3. The lowest BCUT2D eigenvalue weighted by atomic mass is 10.0.